The predicted octanol–water partition coefficient (Wildman–Crippen LogP) is 12.4. The van der Waals surface area contributed by atoms with Crippen molar-refractivity contribution >= 4 is 21.8 Å². The summed E-state index contributed by atoms with van der Waals surface area (Å²) in [6.07, 6.45) is 4.88. The van der Waals surface area contributed by atoms with Crippen molar-refractivity contribution in [1.29, 1.82) is 0 Å². The van der Waals surface area contributed by atoms with Gasteiger partial charge in [-0.2, -0.15) is 11.2 Å². The Kier molecular flexibility index (Phi) is 11.4. The van der Waals surface area contributed by atoms with Crippen LogP contribution in [0.15, 0.2) is 85.1 Å². The van der Waals surface area contributed by atoms with Crippen LogP contribution in [0.3, 0.4) is 0 Å². The third kappa shape index (κ3) is 7.84. The van der Waals surface area contributed by atoms with Crippen molar-refractivity contribution in [1.82, 2.24) is 19.3 Å². The normalized spacial score (nSPS) is 11.9. The molecular weight excluding hydrogens is 844 g/mol. The molecular formula is C48H52N4OPt. The van der Waals surface area contributed by atoms with E-state index in [9.17, 15) is 0 Å². The zero-order valence-corrected chi connectivity index (χ0v) is 35.6. The van der Waals surface area contributed by atoms with Gasteiger partial charge in [-0.15, -0.1) is 41.3 Å². The Bertz CT molecular complexity index is 2420. The molecule has 0 aliphatic carbocycles. The minimum Gasteiger partial charge on any atom is -0.509 e. The van der Waals surface area contributed by atoms with E-state index < -0.39 is 0 Å². The van der Waals surface area contributed by atoms with Gasteiger partial charge in [0.05, 0.1) is 5.69 Å². The van der Waals surface area contributed by atoms with Gasteiger partial charge in [0.2, 0.25) is 0 Å². The molecule has 0 N–H and O–H groups in total. The van der Waals surface area contributed by atoms with Gasteiger partial charge in [0.25, 0.3) is 0 Å². The molecule has 7 aromatic rings. The maximum atomic E-state index is 6.76. The first-order valence-corrected chi connectivity index (χ1v) is 19.1. The van der Waals surface area contributed by atoms with Crippen LogP contribution in [0, 0.1) is 44.7 Å². The Hall–Kier alpha value is -4.47. The van der Waals surface area contributed by atoms with E-state index in [-0.39, 0.29) is 26.5 Å². The maximum Gasteiger partial charge on any atom is 2.00 e. The summed E-state index contributed by atoms with van der Waals surface area (Å²) in [4.78, 5) is 4.85. The van der Waals surface area contributed by atoms with E-state index in [0.717, 1.165) is 63.8 Å². The number of hydrogen-bond donors (Lipinski definition) is 0. The smallest absolute Gasteiger partial charge is 0.509 e. The zero-order valence-electron chi connectivity index (χ0n) is 33.4. The summed E-state index contributed by atoms with van der Waals surface area (Å²) in [6.45, 7) is 22.3. The van der Waals surface area contributed by atoms with Crippen LogP contribution in [0.1, 0.15) is 88.5 Å². The molecule has 5 nitrogen and oxygen atoms in total. The van der Waals surface area contributed by atoms with Crippen molar-refractivity contribution in [3.63, 3.8) is 0 Å². The summed E-state index contributed by atoms with van der Waals surface area (Å²) in [6, 6.07) is 35.2. The van der Waals surface area contributed by atoms with E-state index in [0.29, 0.717) is 23.3 Å². The molecule has 0 saturated carbocycles. The standard InChI is InChI=1S/C48H52N4O.Pt/c1-30(2)18-21-43-47(46-32(5)14-13-15-33(46)6)34(7)50-52(43)37-26-36(48(8,9)10)27-39(28-37)53-38-19-20-41-40-16-11-12-17-42(40)51(44(41)29-38)45-25-35(22-23-49-45)24-31(3)4;/h11-17,19-20,22-23,25-27,30-31H,18,21,24H2,1-10H3;/q-2;+2. The van der Waals surface area contributed by atoms with Crippen LogP contribution in [0.25, 0.3) is 44.4 Å². The van der Waals surface area contributed by atoms with Crippen LogP contribution < -0.4 is 4.74 Å². The number of aromatic nitrogens is 4. The molecule has 6 heteroatoms. The van der Waals surface area contributed by atoms with Gasteiger partial charge in [0.15, 0.2) is 0 Å². The van der Waals surface area contributed by atoms with E-state index in [4.69, 9.17) is 14.8 Å². The van der Waals surface area contributed by atoms with Gasteiger partial charge in [0.1, 0.15) is 5.82 Å². The molecule has 0 bridgehead atoms. The summed E-state index contributed by atoms with van der Waals surface area (Å²) >= 11 is 0. The second-order valence-electron chi connectivity index (χ2n) is 16.5. The zero-order chi connectivity index (χ0) is 37.6. The molecule has 0 fully saturated rings. The number of aryl methyl sites for hydroxylation is 3. The second kappa shape index (κ2) is 15.7. The van der Waals surface area contributed by atoms with Crippen molar-refractivity contribution < 1.29 is 25.8 Å². The molecule has 0 saturated heterocycles. The predicted molar refractivity (Wildman–Crippen MR) is 220 cm³/mol. The number of rotatable bonds is 10. The topological polar surface area (TPSA) is 44.9 Å². The number of benzene rings is 4. The molecule has 0 spiro atoms. The SMILES string of the molecule is Cc1cccc(C)c1-c1c(C)nn(-c2[c-]c(Oc3[c-]c4c(cc3)c3ccccc3n4-c3cc(CC(C)C)ccn3)cc(C(C)(C)C)c2)c1CCC(C)C.[Pt+2]. The fourth-order valence-corrected chi connectivity index (χ4v) is 7.57. The third-order valence-electron chi connectivity index (χ3n) is 10.2. The van der Waals surface area contributed by atoms with E-state index in [1.165, 1.54) is 33.5 Å². The number of ether oxygens (including phenoxy) is 1. The summed E-state index contributed by atoms with van der Waals surface area (Å²) < 4.78 is 11.1. The monoisotopic (exact) mass is 895 g/mol. The minimum absolute atomic E-state index is 0. The number of nitrogens with zero attached hydrogens (tertiary/aromatic N) is 4. The molecule has 0 unspecified atom stereocenters. The van der Waals surface area contributed by atoms with E-state index in [1.807, 2.05) is 12.3 Å². The molecule has 54 heavy (non-hydrogen) atoms. The van der Waals surface area contributed by atoms with E-state index >= 15 is 0 Å². The number of hydrogen-bond acceptors (Lipinski definition) is 3. The molecule has 4 aromatic carbocycles. The van der Waals surface area contributed by atoms with Crippen molar-refractivity contribution in [2.75, 3.05) is 0 Å². The summed E-state index contributed by atoms with van der Waals surface area (Å²) in [5.41, 5.74) is 12.5. The number of para-hydroxylation sites is 1. The van der Waals surface area contributed by atoms with Crippen LogP contribution in [0.5, 0.6) is 11.5 Å². The van der Waals surface area contributed by atoms with E-state index in [2.05, 4.69) is 163 Å². The summed E-state index contributed by atoms with van der Waals surface area (Å²) in [5, 5.41) is 7.50. The Balaban J connectivity index is 0.00000497. The molecule has 280 valence electrons. The Morgan fingerprint density at radius 1 is 0.759 bits per heavy atom. The largest absolute Gasteiger partial charge is 2.00 e. The minimum atomic E-state index is -0.134. The van der Waals surface area contributed by atoms with Crippen LogP contribution in [-0.4, -0.2) is 19.3 Å². The maximum absolute atomic E-state index is 6.76. The Labute approximate surface area is 336 Å². The van der Waals surface area contributed by atoms with Crippen molar-refractivity contribution in [2.24, 2.45) is 11.8 Å². The van der Waals surface area contributed by atoms with Gasteiger partial charge in [-0.05, 0) is 109 Å². The van der Waals surface area contributed by atoms with Crippen molar-refractivity contribution in [3.05, 3.63) is 131 Å². The number of pyridine rings is 1. The summed E-state index contributed by atoms with van der Waals surface area (Å²) in [7, 11) is 0. The van der Waals surface area contributed by atoms with Gasteiger partial charge >= 0.3 is 21.1 Å². The van der Waals surface area contributed by atoms with Crippen molar-refractivity contribution in [2.45, 2.75) is 93.9 Å². The third-order valence-corrected chi connectivity index (χ3v) is 10.2. The van der Waals surface area contributed by atoms with Gasteiger partial charge in [-0.25, -0.2) is 4.98 Å². The van der Waals surface area contributed by atoms with Crippen LogP contribution in [-0.2, 0) is 39.3 Å². The van der Waals surface area contributed by atoms with Crippen molar-refractivity contribution in [3.8, 4) is 34.1 Å². The average molecular weight is 896 g/mol. The van der Waals surface area contributed by atoms with Gasteiger partial charge in [-0.3, -0.25) is 4.68 Å². The fourth-order valence-electron chi connectivity index (χ4n) is 7.57. The van der Waals surface area contributed by atoms with Gasteiger partial charge < -0.3 is 9.30 Å². The molecule has 0 aliphatic heterocycles. The first-order valence-electron chi connectivity index (χ1n) is 19.1. The Morgan fingerprint density at radius 2 is 1.50 bits per heavy atom. The van der Waals surface area contributed by atoms with E-state index in [1.54, 1.807) is 0 Å². The molecule has 0 amide bonds. The molecule has 0 atom stereocenters. The van der Waals surface area contributed by atoms with Crippen LogP contribution in [0.4, 0.5) is 0 Å². The first-order chi connectivity index (χ1) is 25.3. The van der Waals surface area contributed by atoms with Gasteiger partial charge in [-0.1, -0.05) is 90.4 Å². The van der Waals surface area contributed by atoms with Crippen LogP contribution >= 0.6 is 0 Å². The van der Waals surface area contributed by atoms with Gasteiger partial charge in [0, 0.05) is 34.5 Å². The molecule has 3 heterocycles. The summed E-state index contributed by atoms with van der Waals surface area (Å²) in [5.74, 6) is 3.26. The second-order valence-corrected chi connectivity index (χ2v) is 16.5. The molecule has 0 radical (unpaired) electrons. The average Bonchev–Trinajstić information content (AvgIpc) is 3.60. The molecule has 3 aromatic heterocycles. The quantitative estimate of drug-likeness (QED) is 0.129. The number of fused-ring (bicyclic) bond motifs is 3. The first kappa shape index (κ1) is 39.2. The molecule has 7 rings (SSSR count). The van der Waals surface area contributed by atoms with Crippen LogP contribution in [0.2, 0.25) is 0 Å². The Morgan fingerprint density at radius 3 is 2.20 bits per heavy atom. The fraction of sp³-hybridized carbons (Fsp3) is 0.333. The molecule has 0 aliphatic rings.